The number of ether oxygens (including phenoxy) is 1. The van der Waals surface area contributed by atoms with Crippen LogP contribution in [0, 0.1) is 0 Å². The minimum Gasteiger partial charge on any atom is -0.489 e. The largest absolute Gasteiger partial charge is 0.489 e. The summed E-state index contributed by atoms with van der Waals surface area (Å²) in [6.45, 7) is 11.7. The van der Waals surface area contributed by atoms with Crippen molar-refractivity contribution in [3.05, 3.63) is 42.5 Å². The molecular formula is C19H30IN3O3S. The van der Waals surface area contributed by atoms with Gasteiger partial charge < -0.3 is 15.0 Å². The lowest BCUT2D eigenvalue weighted by atomic mass is 10.2. The Balaban J connectivity index is 0.00000364. The monoisotopic (exact) mass is 507 g/mol. The zero-order valence-electron chi connectivity index (χ0n) is 16.3. The van der Waals surface area contributed by atoms with E-state index in [-0.39, 0.29) is 29.7 Å². The Morgan fingerprint density at radius 1 is 1.41 bits per heavy atom. The molecule has 2 rings (SSSR count). The highest BCUT2D eigenvalue weighted by Crippen LogP contribution is 2.24. The van der Waals surface area contributed by atoms with Crippen molar-refractivity contribution in [3.8, 4) is 5.75 Å². The van der Waals surface area contributed by atoms with E-state index in [1.54, 1.807) is 19.9 Å². The van der Waals surface area contributed by atoms with Crippen molar-refractivity contribution in [2.45, 2.75) is 32.1 Å². The molecule has 1 N–H and O–H groups in total. The fourth-order valence-electron chi connectivity index (χ4n) is 2.83. The van der Waals surface area contributed by atoms with Gasteiger partial charge in [0.25, 0.3) is 0 Å². The van der Waals surface area contributed by atoms with Gasteiger partial charge in [-0.25, -0.2) is 13.4 Å². The maximum absolute atomic E-state index is 12.2. The van der Waals surface area contributed by atoms with Gasteiger partial charge >= 0.3 is 0 Å². The topological polar surface area (TPSA) is 71.0 Å². The first-order chi connectivity index (χ1) is 12.3. The van der Waals surface area contributed by atoms with Gasteiger partial charge in [0.1, 0.15) is 12.4 Å². The Morgan fingerprint density at radius 2 is 2.11 bits per heavy atom. The van der Waals surface area contributed by atoms with E-state index in [2.05, 4.69) is 11.9 Å². The molecule has 0 saturated carbocycles. The molecule has 1 aromatic rings. The highest BCUT2D eigenvalue weighted by molar-refractivity contribution is 14.0. The quantitative estimate of drug-likeness (QED) is 0.278. The van der Waals surface area contributed by atoms with Crippen LogP contribution >= 0.6 is 24.0 Å². The van der Waals surface area contributed by atoms with E-state index in [9.17, 15) is 8.42 Å². The van der Waals surface area contributed by atoms with Crippen molar-refractivity contribution in [2.24, 2.45) is 4.99 Å². The summed E-state index contributed by atoms with van der Waals surface area (Å²) in [6.07, 6.45) is 1.71. The number of guanidine groups is 1. The van der Waals surface area contributed by atoms with Gasteiger partial charge in [-0.05, 0) is 26.8 Å². The van der Waals surface area contributed by atoms with E-state index in [4.69, 9.17) is 9.73 Å². The van der Waals surface area contributed by atoms with E-state index >= 15 is 0 Å². The number of sulfone groups is 1. The first-order valence-corrected chi connectivity index (χ1v) is 10.5. The summed E-state index contributed by atoms with van der Waals surface area (Å²) in [7, 11) is -3.08. The predicted molar refractivity (Wildman–Crippen MR) is 122 cm³/mol. The van der Waals surface area contributed by atoms with Crippen molar-refractivity contribution in [3.63, 3.8) is 0 Å². The number of nitrogens with zero attached hydrogens (tertiary/aromatic N) is 2. The number of para-hydroxylation sites is 1. The third-order valence-corrected chi connectivity index (χ3v) is 6.94. The Bertz CT molecular complexity index is 763. The van der Waals surface area contributed by atoms with Crippen LogP contribution in [0.4, 0.5) is 0 Å². The summed E-state index contributed by atoms with van der Waals surface area (Å²) in [5.41, 5.74) is 0.980. The second-order valence-corrected chi connectivity index (χ2v) is 9.62. The molecule has 0 amide bonds. The molecule has 0 bridgehead atoms. The molecule has 1 fully saturated rings. The average Bonchev–Trinajstić information content (AvgIpc) is 2.60. The molecule has 1 aromatic carbocycles. The predicted octanol–water partition coefficient (Wildman–Crippen LogP) is 2.84. The zero-order chi connectivity index (χ0) is 19.2. The number of rotatable bonds is 6. The number of halogens is 1. The first-order valence-electron chi connectivity index (χ1n) is 8.88. The summed E-state index contributed by atoms with van der Waals surface area (Å²) >= 11 is 0. The molecule has 0 aromatic heterocycles. The van der Waals surface area contributed by atoms with Gasteiger partial charge in [0.05, 0.1) is 17.0 Å². The van der Waals surface area contributed by atoms with Gasteiger partial charge in [-0.15, -0.1) is 24.0 Å². The number of benzene rings is 1. The Morgan fingerprint density at radius 3 is 2.74 bits per heavy atom. The molecule has 6 nitrogen and oxygen atoms in total. The SMILES string of the molecule is C=CCOc1ccccc1CN=C(NCC)N1CCS(=O)(=O)C(C)(C)C1.I. The van der Waals surface area contributed by atoms with Crippen LogP contribution in [0.2, 0.25) is 0 Å². The number of hydrogen-bond acceptors (Lipinski definition) is 4. The number of nitrogens with one attached hydrogen (secondary N) is 1. The number of aliphatic imine (C=N–C) groups is 1. The second kappa shape index (κ2) is 10.3. The molecule has 8 heteroatoms. The van der Waals surface area contributed by atoms with Crippen LogP contribution in [0.15, 0.2) is 41.9 Å². The summed E-state index contributed by atoms with van der Waals surface area (Å²) in [5, 5.41) is 3.27. The summed E-state index contributed by atoms with van der Waals surface area (Å²) in [4.78, 5) is 6.75. The maximum Gasteiger partial charge on any atom is 0.194 e. The molecule has 0 radical (unpaired) electrons. The van der Waals surface area contributed by atoms with Crippen LogP contribution in [0.3, 0.4) is 0 Å². The molecule has 1 heterocycles. The van der Waals surface area contributed by atoms with Crippen molar-refractivity contribution in [2.75, 3.05) is 32.0 Å². The Labute approximate surface area is 180 Å². The fraction of sp³-hybridized carbons (Fsp3) is 0.526. The highest BCUT2D eigenvalue weighted by Gasteiger charge is 2.40. The standard InChI is InChI=1S/C19H29N3O3S.HI/c1-5-12-25-17-10-8-7-9-16(17)14-21-18(20-6-2)22-11-13-26(23,24)19(3,4)15-22;/h5,7-10H,1,6,11-15H2,2-4H3,(H,20,21);1H. The van der Waals surface area contributed by atoms with Crippen molar-refractivity contribution in [1.29, 1.82) is 0 Å². The lowest BCUT2D eigenvalue weighted by Gasteiger charge is -2.39. The molecule has 0 aliphatic carbocycles. The third-order valence-electron chi connectivity index (χ3n) is 4.41. The Hall–Kier alpha value is -1.29. The van der Waals surface area contributed by atoms with Crippen LogP contribution in [-0.2, 0) is 16.4 Å². The van der Waals surface area contributed by atoms with E-state index < -0.39 is 14.6 Å². The van der Waals surface area contributed by atoms with Crippen molar-refractivity contribution in [1.82, 2.24) is 10.2 Å². The molecule has 152 valence electrons. The maximum atomic E-state index is 12.2. The van der Waals surface area contributed by atoms with E-state index in [1.807, 2.05) is 36.1 Å². The smallest absolute Gasteiger partial charge is 0.194 e. The molecule has 0 spiro atoms. The van der Waals surface area contributed by atoms with Crippen LogP contribution in [0.25, 0.3) is 0 Å². The summed E-state index contributed by atoms with van der Waals surface area (Å²) < 4.78 is 29.4. The van der Waals surface area contributed by atoms with Crippen LogP contribution in [0.5, 0.6) is 5.75 Å². The molecule has 27 heavy (non-hydrogen) atoms. The van der Waals surface area contributed by atoms with E-state index in [0.717, 1.165) is 23.8 Å². The van der Waals surface area contributed by atoms with Crippen LogP contribution in [-0.4, -0.2) is 56.0 Å². The van der Waals surface area contributed by atoms with Crippen molar-refractivity contribution >= 4 is 39.8 Å². The normalized spacial score (nSPS) is 18.3. The zero-order valence-corrected chi connectivity index (χ0v) is 19.4. The average molecular weight is 507 g/mol. The molecule has 1 aliphatic rings. The highest BCUT2D eigenvalue weighted by atomic mass is 127. The minimum absolute atomic E-state index is 0. The van der Waals surface area contributed by atoms with Gasteiger partial charge in [-0.1, -0.05) is 30.9 Å². The minimum atomic E-state index is -3.08. The molecule has 1 aliphatic heterocycles. The van der Waals surface area contributed by atoms with Gasteiger partial charge in [-0.2, -0.15) is 0 Å². The van der Waals surface area contributed by atoms with Gasteiger partial charge in [0, 0.05) is 25.2 Å². The Kier molecular flexibility index (Phi) is 9.07. The van der Waals surface area contributed by atoms with Gasteiger partial charge in [0.2, 0.25) is 0 Å². The third kappa shape index (κ3) is 6.10. The molecule has 0 unspecified atom stereocenters. The lowest BCUT2D eigenvalue weighted by molar-refractivity contribution is 0.352. The first kappa shape index (κ1) is 23.7. The van der Waals surface area contributed by atoms with E-state index in [0.29, 0.717) is 26.2 Å². The second-order valence-electron chi connectivity index (χ2n) is 6.88. The molecule has 0 atom stereocenters. The summed E-state index contributed by atoms with van der Waals surface area (Å²) in [5.74, 6) is 1.66. The molecular weight excluding hydrogens is 477 g/mol. The number of hydrogen-bond donors (Lipinski definition) is 1. The van der Waals surface area contributed by atoms with E-state index in [1.165, 1.54) is 0 Å². The van der Waals surface area contributed by atoms with Gasteiger partial charge in [-0.3, -0.25) is 0 Å². The fourth-order valence-corrected chi connectivity index (χ4v) is 4.20. The molecule has 1 saturated heterocycles. The van der Waals surface area contributed by atoms with Crippen LogP contribution in [0.1, 0.15) is 26.3 Å². The van der Waals surface area contributed by atoms with Gasteiger partial charge in [0.15, 0.2) is 15.8 Å². The lowest BCUT2D eigenvalue weighted by Crippen LogP contribution is -2.57. The summed E-state index contributed by atoms with van der Waals surface area (Å²) in [6, 6.07) is 7.78. The van der Waals surface area contributed by atoms with Crippen LogP contribution < -0.4 is 10.1 Å². The van der Waals surface area contributed by atoms with Crippen molar-refractivity contribution < 1.29 is 13.2 Å².